The van der Waals surface area contributed by atoms with Crippen molar-refractivity contribution in [3.8, 4) is 78.7 Å². The van der Waals surface area contributed by atoms with Crippen LogP contribution in [0.5, 0.6) is 0 Å². The smallest absolute Gasteiger partial charge is 0.160 e. The Balaban J connectivity index is 1.13. The summed E-state index contributed by atoms with van der Waals surface area (Å²) in [6.07, 6.45) is 8.26. The Labute approximate surface area is 354 Å². The summed E-state index contributed by atoms with van der Waals surface area (Å²) >= 11 is 1.85. The SMILES string of the molecule is CC1(C)c2ccccc2-c2cc3c(cc21)Sc1ccccc1-c1ccccc1/C=C\c1ccc(-c2cc(-c4cnc(-c5ccccc5)nc4)nc(-c4ccccc4)n2)cc1-3. The quantitative estimate of drug-likeness (QED) is 0.178. The first-order valence-electron chi connectivity index (χ1n) is 20.3. The number of hydrogen-bond donors (Lipinski definition) is 0. The molecule has 60 heavy (non-hydrogen) atoms. The number of rotatable bonds is 4. The second kappa shape index (κ2) is 14.6. The molecule has 7 aromatic carbocycles. The first kappa shape index (κ1) is 35.9. The Hall–Kier alpha value is -7.21. The largest absolute Gasteiger partial charge is 0.236 e. The van der Waals surface area contributed by atoms with E-state index in [-0.39, 0.29) is 5.41 Å². The summed E-state index contributed by atoms with van der Waals surface area (Å²) < 4.78 is 0. The van der Waals surface area contributed by atoms with Gasteiger partial charge in [0, 0.05) is 49.9 Å². The molecular weight excluding hydrogens is 749 g/mol. The fraction of sp³-hybridized carbons (Fsp3) is 0.0545. The second-order valence-corrected chi connectivity index (χ2v) is 17.0. The first-order chi connectivity index (χ1) is 29.5. The summed E-state index contributed by atoms with van der Waals surface area (Å²) in [7, 11) is 0. The van der Waals surface area contributed by atoms with Crippen molar-refractivity contribution in [2.75, 3.05) is 0 Å². The highest BCUT2D eigenvalue weighted by molar-refractivity contribution is 7.99. The van der Waals surface area contributed by atoms with Gasteiger partial charge in [0.2, 0.25) is 0 Å². The van der Waals surface area contributed by atoms with Crippen LogP contribution < -0.4 is 0 Å². The molecule has 0 saturated carbocycles. The van der Waals surface area contributed by atoms with Crippen molar-refractivity contribution in [2.24, 2.45) is 0 Å². The lowest BCUT2D eigenvalue weighted by Crippen LogP contribution is -2.15. The van der Waals surface area contributed by atoms with Crippen molar-refractivity contribution in [1.82, 2.24) is 19.9 Å². The Bertz CT molecular complexity index is 3130. The summed E-state index contributed by atoms with van der Waals surface area (Å²) in [5.41, 5.74) is 17.6. The molecule has 284 valence electrons. The van der Waals surface area contributed by atoms with E-state index in [0.29, 0.717) is 11.6 Å². The number of fused-ring (bicyclic) bond motifs is 9. The van der Waals surface area contributed by atoms with Crippen LogP contribution in [0.2, 0.25) is 0 Å². The van der Waals surface area contributed by atoms with Gasteiger partial charge in [-0.2, -0.15) is 0 Å². The maximum Gasteiger partial charge on any atom is 0.160 e. The van der Waals surface area contributed by atoms with E-state index in [1.54, 1.807) is 0 Å². The molecule has 9 aromatic rings. The average molecular weight is 787 g/mol. The topological polar surface area (TPSA) is 51.6 Å². The van der Waals surface area contributed by atoms with E-state index in [1.807, 2.05) is 72.7 Å². The van der Waals surface area contributed by atoms with Crippen LogP contribution in [0.3, 0.4) is 0 Å². The van der Waals surface area contributed by atoms with Gasteiger partial charge in [-0.05, 0) is 86.0 Å². The Morgan fingerprint density at radius 3 is 1.73 bits per heavy atom. The van der Waals surface area contributed by atoms with E-state index >= 15 is 0 Å². The van der Waals surface area contributed by atoms with Crippen molar-refractivity contribution in [2.45, 2.75) is 29.1 Å². The fourth-order valence-electron chi connectivity index (χ4n) is 8.74. The van der Waals surface area contributed by atoms with Gasteiger partial charge in [-0.25, -0.2) is 19.9 Å². The summed E-state index contributed by atoms with van der Waals surface area (Å²) in [6, 6.07) is 60.4. The third-order valence-electron chi connectivity index (χ3n) is 11.9. The molecule has 0 N–H and O–H groups in total. The molecule has 1 aliphatic heterocycles. The van der Waals surface area contributed by atoms with Crippen molar-refractivity contribution < 1.29 is 0 Å². The predicted molar refractivity (Wildman–Crippen MR) is 247 cm³/mol. The van der Waals surface area contributed by atoms with Crippen LogP contribution in [0.4, 0.5) is 0 Å². The highest BCUT2D eigenvalue weighted by atomic mass is 32.2. The monoisotopic (exact) mass is 786 g/mol. The van der Waals surface area contributed by atoms with Gasteiger partial charge in [0.1, 0.15) is 0 Å². The molecule has 0 radical (unpaired) electrons. The first-order valence-corrected chi connectivity index (χ1v) is 21.1. The van der Waals surface area contributed by atoms with Crippen molar-refractivity contribution in [1.29, 1.82) is 0 Å². The molecule has 4 nitrogen and oxygen atoms in total. The number of hydrogen-bond acceptors (Lipinski definition) is 5. The molecule has 0 bridgehead atoms. The second-order valence-electron chi connectivity index (χ2n) is 15.9. The third-order valence-corrected chi connectivity index (χ3v) is 13.0. The Kier molecular flexibility index (Phi) is 8.72. The van der Waals surface area contributed by atoms with E-state index < -0.39 is 0 Å². The van der Waals surface area contributed by atoms with E-state index in [1.165, 1.54) is 54.3 Å². The molecule has 3 heterocycles. The molecule has 0 spiro atoms. The van der Waals surface area contributed by atoms with Crippen molar-refractivity contribution in [3.05, 3.63) is 205 Å². The van der Waals surface area contributed by atoms with Gasteiger partial charge in [0.15, 0.2) is 11.6 Å². The van der Waals surface area contributed by atoms with Gasteiger partial charge in [-0.1, -0.05) is 177 Å². The molecule has 0 fully saturated rings. The van der Waals surface area contributed by atoms with Crippen LogP contribution >= 0.6 is 11.8 Å². The van der Waals surface area contributed by atoms with Crippen LogP contribution in [0, 0.1) is 0 Å². The van der Waals surface area contributed by atoms with Crippen molar-refractivity contribution in [3.63, 3.8) is 0 Å². The van der Waals surface area contributed by atoms with E-state index in [0.717, 1.165) is 44.8 Å². The molecule has 0 atom stereocenters. The van der Waals surface area contributed by atoms with Crippen molar-refractivity contribution >= 4 is 23.9 Å². The minimum absolute atomic E-state index is 0.140. The summed E-state index contributed by atoms with van der Waals surface area (Å²) in [5, 5.41) is 0. The van der Waals surface area contributed by atoms with E-state index in [2.05, 4.69) is 147 Å². The zero-order valence-electron chi connectivity index (χ0n) is 33.2. The molecule has 0 saturated heterocycles. The van der Waals surface area contributed by atoms with E-state index in [4.69, 9.17) is 19.9 Å². The summed E-state index contributed by atoms with van der Waals surface area (Å²) in [6.45, 7) is 4.71. The highest BCUT2D eigenvalue weighted by Gasteiger charge is 2.36. The maximum atomic E-state index is 5.25. The molecule has 0 amide bonds. The number of benzene rings is 7. The zero-order valence-corrected chi connectivity index (χ0v) is 34.0. The molecule has 2 aromatic heterocycles. The zero-order chi connectivity index (χ0) is 40.2. The molecule has 5 heteroatoms. The minimum atomic E-state index is -0.140. The van der Waals surface area contributed by atoms with Crippen LogP contribution in [0.25, 0.3) is 90.8 Å². The lowest BCUT2D eigenvalue weighted by molar-refractivity contribution is 0.659. The van der Waals surface area contributed by atoms with Crippen LogP contribution in [0.15, 0.2) is 192 Å². The summed E-state index contributed by atoms with van der Waals surface area (Å²) in [4.78, 5) is 22.3. The molecule has 2 aliphatic rings. The Morgan fingerprint density at radius 2 is 0.983 bits per heavy atom. The average Bonchev–Trinajstić information content (AvgIpc) is 3.52. The van der Waals surface area contributed by atoms with Gasteiger partial charge in [0.25, 0.3) is 0 Å². The Morgan fingerprint density at radius 1 is 0.383 bits per heavy atom. The molecular formula is C55H38N4S. The molecule has 1 aliphatic carbocycles. The number of aromatic nitrogens is 4. The van der Waals surface area contributed by atoms with Gasteiger partial charge in [-0.15, -0.1) is 0 Å². The van der Waals surface area contributed by atoms with Gasteiger partial charge in [-0.3, -0.25) is 0 Å². The normalized spacial score (nSPS) is 13.7. The lowest BCUT2D eigenvalue weighted by Gasteiger charge is -2.23. The molecule has 0 unspecified atom stereocenters. The predicted octanol–water partition coefficient (Wildman–Crippen LogP) is 14.2. The van der Waals surface area contributed by atoms with Gasteiger partial charge < -0.3 is 0 Å². The summed E-state index contributed by atoms with van der Waals surface area (Å²) in [5.74, 6) is 1.32. The van der Waals surface area contributed by atoms with Crippen LogP contribution in [-0.4, -0.2) is 19.9 Å². The van der Waals surface area contributed by atoms with Gasteiger partial charge >= 0.3 is 0 Å². The number of nitrogens with zero attached hydrogens (tertiary/aromatic N) is 4. The standard InChI is InChI=1S/C55H38N4S/c1-55(2)47-23-13-11-21-42(47)45-30-46-44-29-39(28-27-36(44)26-25-35-15-9-10-20-41(35)43-22-12-14-24-51(43)60-52(46)31-48(45)55)49-32-50(59-54(58-49)38-18-7-4-8-19-38)40-33-56-53(57-34-40)37-16-5-3-6-17-37/h3-34H,1-2H3/b26-25-. The fourth-order valence-corrected chi connectivity index (χ4v) is 9.86. The lowest BCUT2D eigenvalue weighted by atomic mass is 9.82. The highest BCUT2D eigenvalue weighted by Crippen LogP contribution is 2.53. The van der Waals surface area contributed by atoms with Crippen LogP contribution in [-0.2, 0) is 5.41 Å². The maximum absolute atomic E-state index is 5.25. The third kappa shape index (κ3) is 6.26. The van der Waals surface area contributed by atoms with Gasteiger partial charge in [0.05, 0.1) is 11.4 Å². The molecule has 11 rings (SSSR count). The minimum Gasteiger partial charge on any atom is -0.236 e. The van der Waals surface area contributed by atoms with Crippen LogP contribution in [0.1, 0.15) is 36.1 Å². The van der Waals surface area contributed by atoms with E-state index in [9.17, 15) is 0 Å².